The smallest absolute Gasteiger partial charge is 0.227 e. The standard InChI is InChI=1S/C13H15ClN2O3/c1-7-3-11(19-2)10(5-9(7)14)16-6-8(13(15)18)4-12(16)17/h3,5,8H,4,6H2,1-2H3,(H2,15,18). The lowest BCUT2D eigenvalue weighted by Gasteiger charge is -2.20. The van der Waals surface area contributed by atoms with Crippen LogP contribution in [0.1, 0.15) is 12.0 Å². The Bertz CT molecular complexity index is 545. The first-order valence-corrected chi connectivity index (χ1v) is 6.25. The van der Waals surface area contributed by atoms with Gasteiger partial charge in [0.1, 0.15) is 5.75 Å². The average Bonchev–Trinajstić information content (AvgIpc) is 2.74. The molecule has 19 heavy (non-hydrogen) atoms. The Kier molecular flexibility index (Phi) is 3.66. The SMILES string of the molecule is COc1cc(C)c(Cl)cc1N1CC(C(N)=O)CC1=O. The number of methoxy groups -OCH3 is 1. The van der Waals surface area contributed by atoms with Gasteiger partial charge in [-0.25, -0.2) is 0 Å². The van der Waals surface area contributed by atoms with Crippen molar-refractivity contribution in [3.8, 4) is 5.75 Å². The molecule has 2 N–H and O–H groups in total. The first-order chi connectivity index (χ1) is 8.93. The minimum absolute atomic E-state index is 0.129. The van der Waals surface area contributed by atoms with E-state index in [9.17, 15) is 9.59 Å². The molecule has 1 aromatic rings. The Balaban J connectivity index is 2.39. The fraction of sp³-hybridized carbons (Fsp3) is 0.385. The quantitative estimate of drug-likeness (QED) is 0.913. The molecule has 5 nitrogen and oxygen atoms in total. The lowest BCUT2D eigenvalue weighted by molar-refractivity contribution is -0.123. The van der Waals surface area contributed by atoms with Gasteiger partial charge in [0.05, 0.1) is 18.7 Å². The predicted molar refractivity (Wildman–Crippen MR) is 72.4 cm³/mol. The van der Waals surface area contributed by atoms with Crippen molar-refractivity contribution in [1.29, 1.82) is 0 Å². The fourth-order valence-corrected chi connectivity index (χ4v) is 2.31. The Labute approximate surface area is 116 Å². The van der Waals surface area contributed by atoms with Crippen LogP contribution in [-0.2, 0) is 9.59 Å². The molecule has 2 amide bonds. The van der Waals surface area contributed by atoms with Crippen molar-refractivity contribution in [2.45, 2.75) is 13.3 Å². The summed E-state index contributed by atoms with van der Waals surface area (Å²) < 4.78 is 5.27. The number of halogens is 1. The van der Waals surface area contributed by atoms with Crippen molar-refractivity contribution < 1.29 is 14.3 Å². The van der Waals surface area contributed by atoms with Gasteiger partial charge in [-0.05, 0) is 24.6 Å². The van der Waals surface area contributed by atoms with Crippen LogP contribution in [0.25, 0.3) is 0 Å². The van der Waals surface area contributed by atoms with Gasteiger partial charge in [-0.15, -0.1) is 0 Å². The maximum Gasteiger partial charge on any atom is 0.227 e. The molecule has 1 unspecified atom stereocenters. The number of nitrogens with two attached hydrogens (primary N) is 1. The summed E-state index contributed by atoms with van der Waals surface area (Å²) in [5.41, 5.74) is 6.69. The minimum Gasteiger partial charge on any atom is -0.495 e. The average molecular weight is 283 g/mol. The molecule has 2 rings (SSSR count). The molecule has 1 fully saturated rings. The van der Waals surface area contributed by atoms with Crippen LogP contribution in [-0.4, -0.2) is 25.5 Å². The zero-order valence-corrected chi connectivity index (χ0v) is 11.5. The van der Waals surface area contributed by atoms with Crippen LogP contribution in [0.3, 0.4) is 0 Å². The van der Waals surface area contributed by atoms with E-state index in [1.165, 1.54) is 12.0 Å². The third-order valence-electron chi connectivity index (χ3n) is 3.28. The number of carbonyl (C=O) groups is 2. The molecular weight excluding hydrogens is 268 g/mol. The van der Waals surface area contributed by atoms with Crippen LogP contribution in [0.5, 0.6) is 5.75 Å². The second-order valence-corrected chi connectivity index (χ2v) is 4.99. The number of carbonyl (C=O) groups excluding carboxylic acids is 2. The highest BCUT2D eigenvalue weighted by atomic mass is 35.5. The van der Waals surface area contributed by atoms with Gasteiger partial charge in [0.25, 0.3) is 0 Å². The highest BCUT2D eigenvalue weighted by Crippen LogP contribution is 2.36. The molecular formula is C13H15ClN2O3. The van der Waals surface area contributed by atoms with Gasteiger partial charge in [0.2, 0.25) is 11.8 Å². The molecule has 0 spiro atoms. The van der Waals surface area contributed by atoms with E-state index in [0.29, 0.717) is 16.5 Å². The van der Waals surface area contributed by atoms with Gasteiger partial charge in [0.15, 0.2) is 0 Å². The normalized spacial score (nSPS) is 18.8. The molecule has 1 aromatic carbocycles. The van der Waals surface area contributed by atoms with E-state index in [4.69, 9.17) is 22.1 Å². The summed E-state index contributed by atoms with van der Waals surface area (Å²) in [5.74, 6) is -0.521. The van der Waals surface area contributed by atoms with E-state index >= 15 is 0 Å². The first-order valence-electron chi connectivity index (χ1n) is 5.88. The molecule has 0 radical (unpaired) electrons. The summed E-state index contributed by atoms with van der Waals surface area (Å²) in [6, 6.07) is 3.44. The Morgan fingerprint density at radius 1 is 1.53 bits per heavy atom. The van der Waals surface area contributed by atoms with Crippen LogP contribution in [0.15, 0.2) is 12.1 Å². The number of rotatable bonds is 3. The maximum atomic E-state index is 12.0. The number of anilines is 1. The van der Waals surface area contributed by atoms with E-state index in [-0.39, 0.29) is 18.9 Å². The van der Waals surface area contributed by atoms with Gasteiger partial charge in [-0.3, -0.25) is 9.59 Å². The number of nitrogens with zero attached hydrogens (tertiary/aromatic N) is 1. The summed E-state index contributed by atoms with van der Waals surface area (Å²) >= 11 is 6.08. The van der Waals surface area contributed by atoms with Gasteiger partial charge < -0.3 is 15.4 Å². The van der Waals surface area contributed by atoms with Gasteiger partial charge in [-0.2, -0.15) is 0 Å². The van der Waals surface area contributed by atoms with Gasteiger partial charge in [0, 0.05) is 18.0 Å². The summed E-state index contributed by atoms with van der Waals surface area (Å²) in [6.45, 7) is 2.12. The van der Waals surface area contributed by atoms with Crippen molar-refractivity contribution in [2.75, 3.05) is 18.6 Å². The van der Waals surface area contributed by atoms with E-state index in [0.717, 1.165) is 5.56 Å². The molecule has 1 saturated heterocycles. The van der Waals surface area contributed by atoms with Gasteiger partial charge >= 0.3 is 0 Å². The number of amides is 2. The van der Waals surface area contributed by atoms with E-state index in [2.05, 4.69) is 0 Å². The second kappa shape index (κ2) is 5.09. The Hall–Kier alpha value is -1.75. The third-order valence-corrected chi connectivity index (χ3v) is 3.69. The fourth-order valence-electron chi connectivity index (χ4n) is 2.15. The van der Waals surface area contributed by atoms with Crippen LogP contribution in [0, 0.1) is 12.8 Å². The van der Waals surface area contributed by atoms with Gasteiger partial charge in [-0.1, -0.05) is 11.6 Å². The van der Waals surface area contributed by atoms with Crippen LogP contribution < -0.4 is 15.4 Å². The summed E-state index contributed by atoms with van der Waals surface area (Å²) in [7, 11) is 1.53. The number of aryl methyl sites for hydroxylation is 1. The first kappa shape index (κ1) is 13.7. The molecule has 0 aromatic heterocycles. The Morgan fingerprint density at radius 3 is 2.74 bits per heavy atom. The zero-order valence-electron chi connectivity index (χ0n) is 10.8. The van der Waals surface area contributed by atoms with E-state index in [1.807, 2.05) is 6.92 Å². The summed E-state index contributed by atoms with van der Waals surface area (Å²) in [6.07, 6.45) is 0.129. The molecule has 1 heterocycles. The maximum absolute atomic E-state index is 12.0. The predicted octanol–water partition coefficient (Wildman–Crippen LogP) is 1.50. The summed E-state index contributed by atoms with van der Waals surface area (Å²) in [4.78, 5) is 24.7. The second-order valence-electron chi connectivity index (χ2n) is 4.58. The largest absolute Gasteiger partial charge is 0.495 e. The van der Waals surface area contributed by atoms with Crippen molar-refractivity contribution in [3.05, 3.63) is 22.7 Å². The Morgan fingerprint density at radius 2 is 2.21 bits per heavy atom. The van der Waals surface area contributed by atoms with Crippen LogP contribution in [0.4, 0.5) is 5.69 Å². The number of ether oxygens (including phenoxy) is 1. The van der Waals surface area contributed by atoms with Crippen molar-refractivity contribution in [3.63, 3.8) is 0 Å². The molecule has 6 heteroatoms. The topological polar surface area (TPSA) is 72.6 Å². The summed E-state index contributed by atoms with van der Waals surface area (Å²) in [5, 5.41) is 0.547. The molecule has 102 valence electrons. The van der Waals surface area contributed by atoms with Crippen molar-refractivity contribution in [1.82, 2.24) is 0 Å². The number of benzene rings is 1. The monoisotopic (exact) mass is 282 g/mol. The van der Waals surface area contributed by atoms with Crippen molar-refractivity contribution >= 4 is 29.1 Å². The van der Waals surface area contributed by atoms with Crippen LogP contribution >= 0.6 is 11.6 Å². The van der Waals surface area contributed by atoms with E-state index < -0.39 is 11.8 Å². The molecule has 1 atom stereocenters. The number of primary amides is 1. The molecule has 0 bridgehead atoms. The van der Waals surface area contributed by atoms with E-state index in [1.54, 1.807) is 12.1 Å². The molecule has 1 aliphatic rings. The molecule has 1 aliphatic heterocycles. The lowest BCUT2D eigenvalue weighted by atomic mass is 10.1. The minimum atomic E-state index is -0.465. The highest BCUT2D eigenvalue weighted by Gasteiger charge is 2.35. The van der Waals surface area contributed by atoms with Crippen molar-refractivity contribution in [2.24, 2.45) is 11.7 Å². The lowest BCUT2D eigenvalue weighted by Crippen LogP contribution is -2.28. The van der Waals surface area contributed by atoms with Crippen LogP contribution in [0.2, 0.25) is 5.02 Å². The number of hydrogen-bond acceptors (Lipinski definition) is 3. The third kappa shape index (κ3) is 2.51. The highest BCUT2D eigenvalue weighted by molar-refractivity contribution is 6.31. The molecule has 0 saturated carbocycles. The number of hydrogen-bond donors (Lipinski definition) is 1. The molecule has 0 aliphatic carbocycles. The zero-order chi connectivity index (χ0) is 14.2.